The van der Waals surface area contributed by atoms with Crippen LogP contribution in [0.15, 0.2) is 18.5 Å². The monoisotopic (exact) mass is 179 g/mol. The first kappa shape index (κ1) is 10.1. The Balaban J connectivity index is 2.56. The van der Waals surface area contributed by atoms with E-state index in [4.69, 9.17) is 0 Å². The minimum atomic E-state index is 0.426. The zero-order valence-electron chi connectivity index (χ0n) is 8.33. The van der Waals surface area contributed by atoms with Gasteiger partial charge in [-0.25, -0.2) is 0 Å². The molecule has 0 aromatic carbocycles. The lowest BCUT2D eigenvalue weighted by molar-refractivity contribution is 0.516. The van der Waals surface area contributed by atoms with Gasteiger partial charge >= 0.3 is 0 Å². The molecule has 0 amide bonds. The lowest BCUT2D eigenvalue weighted by Gasteiger charge is -2.15. The van der Waals surface area contributed by atoms with Crippen LogP contribution in [0.2, 0.25) is 0 Å². The van der Waals surface area contributed by atoms with Gasteiger partial charge in [0.1, 0.15) is 0 Å². The molecule has 1 atom stereocenters. The molecule has 0 aliphatic carbocycles. The summed E-state index contributed by atoms with van der Waals surface area (Å²) in [6, 6.07) is 2.44. The van der Waals surface area contributed by atoms with Gasteiger partial charge in [-0.1, -0.05) is 13.8 Å². The number of hydrogen-bond donors (Lipinski definition) is 1. The van der Waals surface area contributed by atoms with Crippen molar-refractivity contribution in [3.63, 3.8) is 0 Å². The lowest BCUT2D eigenvalue weighted by atomic mass is 10.1. The molecule has 1 aromatic rings. The summed E-state index contributed by atoms with van der Waals surface area (Å²) in [6.07, 6.45) is 5.82. The lowest BCUT2D eigenvalue weighted by Crippen LogP contribution is -2.21. The van der Waals surface area contributed by atoms with Crippen molar-refractivity contribution in [1.82, 2.24) is 15.5 Å². The van der Waals surface area contributed by atoms with Gasteiger partial charge in [0, 0.05) is 12.2 Å². The molecule has 1 aromatic heterocycles. The molecule has 1 rings (SSSR count). The highest BCUT2D eigenvalue weighted by atomic mass is 15.1. The highest BCUT2D eigenvalue weighted by molar-refractivity contribution is 5.10. The topological polar surface area (TPSA) is 37.8 Å². The summed E-state index contributed by atoms with van der Waals surface area (Å²) in [7, 11) is 0. The van der Waals surface area contributed by atoms with Gasteiger partial charge in [0.15, 0.2) is 0 Å². The summed E-state index contributed by atoms with van der Waals surface area (Å²) < 4.78 is 0. The molecule has 0 aliphatic rings. The molecule has 3 nitrogen and oxygen atoms in total. The van der Waals surface area contributed by atoms with Gasteiger partial charge in [-0.15, -0.1) is 0 Å². The van der Waals surface area contributed by atoms with E-state index < -0.39 is 0 Å². The third-order valence-corrected chi connectivity index (χ3v) is 2.06. The Kier molecular flexibility index (Phi) is 4.40. The minimum absolute atomic E-state index is 0.426. The van der Waals surface area contributed by atoms with Crippen LogP contribution in [0.25, 0.3) is 0 Å². The molecule has 13 heavy (non-hydrogen) atoms. The summed E-state index contributed by atoms with van der Waals surface area (Å²) in [5.74, 6) is 0. The SMILES string of the molecule is CCCNC(CC)c1ccnnc1. The van der Waals surface area contributed by atoms with Crippen LogP contribution in [-0.4, -0.2) is 16.7 Å². The number of hydrogen-bond acceptors (Lipinski definition) is 3. The molecule has 3 heteroatoms. The molecule has 1 unspecified atom stereocenters. The average Bonchev–Trinajstić information content (AvgIpc) is 2.21. The zero-order chi connectivity index (χ0) is 9.52. The van der Waals surface area contributed by atoms with Crippen LogP contribution in [0, 0.1) is 0 Å². The third-order valence-electron chi connectivity index (χ3n) is 2.06. The number of rotatable bonds is 5. The molecule has 0 fully saturated rings. The number of nitrogens with zero attached hydrogens (tertiary/aromatic N) is 2. The van der Waals surface area contributed by atoms with E-state index in [2.05, 4.69) is 29.4 Å². The Morgan fingerprint density at radius 1 is 1.38 bits per heavy atom. The van der Waals surface area contributed by atoms with Crippen LogP contribution < -0.4 is 5.32 Å². The van der Waals surface area contributed by atoms with Gasteiger partial charge in [-0.05, 0) is 31.0 Å². The quantitative estimate of drug-likeness (QED) is 0.750. The van der Waals surface area contributed by atoms with Crippen molar-refractivity contribution in [3.8, 4) is 0 Å². The zero-order valence-corrected chi connectivity index (χ0v) is 8.33. The van der Waals surface area contributed by atoms with Gasteiger partial charge in [-0.3, -0.25) is 0 Å². The van der Waals surface area contributed by atoms with Gasteiger partial charge in [0.25, 0.3) is 0 Å². The van der Waals surface area contributed by atoms with Crippen molar-refractivity contribution in [2.24, 2.45) is 0 Å². The molecule has 72 valence electrons. The van der Waals surface area contributed by atoms with Crippen LogP contribution in [0.3, 0.4) is 0 Å². The molecular weight excluding hydrogens is 162 g/mol. The average molecular weight is 179 g/mol. The Bertz CT molecular complexity index is 223. The van der Waals surface area contributed by atoms with E-state index in [0.717, 1.165) is 19.4 Å². The standard InChI is InChI=1S/C10H17N3/c1-3-6-11-10(4-2)9-5-7-12-13-8-9/h5,7-8,10-11H,3-4,6H2,1-2H3. The second-order valence-corrected chi connectivity index (χ2v) is 3.09. The van der Waals surface area contributed by atoms with E-state index in [0.29, 0.717) is 6.04 Å². The Hall–Kier alpha value is -0.960. The van der Waals surface area contributed by atoms with E-state index in [1.54, 1.807) is 6.20 Å². The Morgan fingerprint density at radius 3 is 2.77 bits per heavy atom. The molecule has 1 heterocycles. The predicted molar refractivity (Wildman–Crippen MR) is 53.4 cm³/mol. The summed E-state index contributed by atoms with van der Waals surface area (Å²) in [5, 5.41) is 11.1. The fraction of sp³-hybridized carbons (Fsp3) is 0.600. The van der Waals surface area contributed by atoms with Crippen molar-refractivity contribution in [3.05, 3.63) is 24.0 Å². The molecule has 0 saturated carbocycles. The highest BCUT2D eigenvalue weighted by Crippen LogP contribution is 2.13. The van der Waals surface area contributed by atoms with Crippen LogP contribution in [0.1, 0.15) is 38.3 Å². The number of nitrogens with one attached hydrogen (secondary N) is 1. The maximum atomic E-state index is 3.87. The highest BCUT2D eigenvalue weighted by Gasteiger charge is 2.06. The molecular formula is C10H17N3. The molecule has 0 saturated heterocycles. The smallest absolute Gasteiger partial charge is 0.0544 e. The maximum absolute atomic E-state index is 3.87. The first-order chi connectivity index (χ1) is 6.38. The van der Waals surface area contributed by atoms with Crippen molar-refractivity contribution in [2.45, 2.75) is 32.7 Å². The molecule has 0 radical (unpaired) electrons. The third kappa shape index (κ3) is 3.11. The van der Waals surface area contributed by atoms with Crippen molar-refractivity contribution in [2.75, 3.05) is 6.54 Å². The van der Waals surface area contributed by atoms with E-state index in [9.17, 15) is 0 Å². The minimum Gasteiger partial charge on any atom is -0.310 e. The van der Waals surface area contributed by atoms with Crippen LogP contribution in [-0.2, 0) is 0 Å². The van der Waals surface area contributed by atoms with E-state index in [1.807, 2.05) is 12.3 Å². The van der Waals surface area contributed by atoms with Crippen molar-refractivity contribution < 1.29 is 0 Å². The van der Waals surface area contributed by atoms with Gasteiger partial charge < -0.3 is 5.32 Å². The van der Waals surface area contributed by atoms with E-state index in [-0.39, 0.29) is 0 Å². The summed E-state index contributed by atoms with van der Waals surface area (Å²) >= 11 is 0. The Labute approximate surface area is 79.6 Å². The van der Waals surface area contributed by atoms with E-state index in [1.165, 1.54) is 5.56 Å². The van der Waals surface area contributed by atoms with Crippen LogP contribution >= 0.6 is 0 Å². The summed E-state index contributed by atoms with van der Waals surface area (Å²) in [4.78, 5) is 0. The van der Waals surface area contributed by atoms with Crippen LogP contribution in [0.4, 0.5) is 0 Å². The van der Waals surface area contributed by atoms with E-state index >= 15 is 0 Å². The second kappa shape index (κ2) is 5.65. The maximum Gasteiger partial charge on any atom is 0.0544 e. The first-order valence-electron chi connectivity index (χ1n) is 4.88. The molecule has 1 N–H and O–H groups in total. The van der Waals surface area contributed by atoms with Gasteiger partial charge in [-0.2, -0.15) is 10.2 Å². The summed E-state index contributed by atoms with van der Waals surface area (Å²) in [6.45, 7) is 5.40. The van der Waals surface area contributed by atoms with Crippen molar-refractivity contribution >= 4 is 0 Å². The second-order valence-electron chi connectivity index (χ2n) is 3.09. The molecule has 0 spiro atoms. The molecule has 0 bridgehead atoms. The largest absolute Gasteiger partial charge is 0.310 e. The summed E-state index contributed by atoms with van der Waals surface area (Å²) in [5.41, 5.74) is 1.23. The number of aromatic nitrogens is 2. The normalized spacial score (nSPS) is 12.8. The Morgan fingerprint density at radius 2 is 2.23 bits per heavy atom. The van der Waals surface area contributed by atoms with Crippen LogP contribution in [0.5, 0.6) is 0 Å². The van der Waals surface area contributed by atoms with Crippen molar-refractivity contribution in [1.29, 1.82) is 0 Å². The predicted octanol–water partition coefficient (Wildman–Crippen LogP) is 1.93. The van der Waals surface area contributed by atoms with Gasteiger partial charge in [0.05, 0.1) is 6.20 Å². The molecule has 0 aliphatic heterocycles. The first-order valence-corrected chi connectivity index (χ1v) is 4.88. The fourth-order valence-corrected chi connectivity index (χ4v) is 1.32. The fourth-order valence-electron chi connectivity index (χ4n) is 1.32. The van der Waals surface area contributed by atoms with Gasteiger partial charge in [0.2, 0.25) is 0 Å².